The van der Waals surface area contributed by atoms with Gasteiger partial charge in [-0.3, -0.25) is 0 Å². The lowest BCUT2D eigenvalue weighted by atomic mass is 9.80. The number of aryl methyl sites for hydroxylation is 2. The van der Waals surface area contributed by atoms with Crippen LogP contribution in [0.1, 0.15) is 30.4 Å². The minimum atomic E-state index is -0.897. The van der Waals surface area contributed by atoms with E-state index in [1.165, 1.54) is 11.1 Å². The molecule has 2 aliphatic heterocycles. The Morgan fingerprint density at radius 2 is 1.92 bits per heavy atom. The van der Waals surface area contributed by atoms with Gasteiger partial charge in [0.15, 0.2) is 5.60 Å². The van der Waals surface area contributed by atoms with Crippen LogP contribution in [0.2, 0.25) is 0 Å². The second kappa shape index (κ2) is 5.60. The van der Waals surface area contributed by atoms with Gasteiger partial charge in [-0.1, -0.05) is 46.3 Å². The number of benzene rings is 1. The number of hydroxylamine groups is 2. The molecule has 4 aliphatic rings. The van der Waals surface area contributed by atoms with E-state index in [2.05, 4.69) is 52.3 Å². The number of ether oxygens (including phenoxy) is 1. The number of guanidine groups is 1. The van der Waals surface area contributed by atoms with Gasteiger partial charge in [0.25, 0.3) is 5.72 Å². The van der Waals surface area contributed by atoms with E-state index in [-0.39, 0.29) is 4.83 Å². The zero-order valence-electron chi connectivity index (χ0n) is 14.7. The molecule has 2 atom stereocenters. The van der Waals surface area contributed by atoms with Gasteiger partial charge in [0.05, 0.1) is 5.57 Å². The van der Waals surface area contributed by atoms with Crippen LogP contribution in [-0.2, 0) is 22.4 Å². The van der Waals surface area contributed by atoms with E-state index in [1.54, 1.807) is 5.06 Å². The second-order valence-electron chi connectivity index (χ2n) is 7.47. The minimum absolute atomic E-state index is 0.255. The van der Waals surface area contributed by atoms with E-state index in [0.717, 1.165) is 43.4 Å². The average Bonchev–Trinajstić information content (AvgIpc) is 2.98. The Labute approximate surface area is 161 Å². The SMILES string of the molecule is CN1OC2(N=C1N)C1=CC(Br)CC=C1OC21CCc2ccccc2CC1. The molecule has 0 aromatic heterocycles. The molecular weight excluding hydrogens is 394 g/mol. The molecular formula is C20H22BrN3O2. The Bertz CT molecular complexity index is 835. The maximum atomic E-state index is 6.65. The van der Waals surface area contributed by atoms with Gasteiger partial charge in [-0.05, 0) is 49.3 Å². The van der Waals surface area contributed by atoms with Crippen LogP contribution in [0.4, 0.5) is 0 Å². The van der Waals surface area contributed by atoms with Gasteiger partial charge in [-0.15, -0.1) is 0 Å². The number of fused-ring (bicyclic) bond motifs is 4. The molecule has 0 saturated carbocycles. The number of hydrogen-bond acceptors (Lipinski definition) is 5. The lowest BCUT2D eigenvalue weighted by molar-refractivity contribution is -0.213. The van der Waals surface area contributed by atoms with Gasteiger partial charge in [-0.25, -0.2) is 14.9 Å². The first-order valence-corrected chi connectivity index (χ1v) is 10.1. The van der Waals surface area contributed by atoms with Crippen LogP contribution >= 0.6 is 15.9 Å². The summed E-state index contributed by atoms with van der Waals surface area (Å²) < 4.78 is 6.65. The Morgan fingerprint density at radius 1 is 1.23 bits per heavy atom. The molecule has 5 rings (SSSR count). The molecule has 0 radical (unpaired) electrons. The third-order valence-electron chi connectivity index (χ3n) is 6.01. The van der Waals surface area contributed by atoms with Crippen molar-refractivity contribution >= 4 is 21.9 Å². The Hall–Kier alpha value is -1.79. The van der Waals surface area contributed by atoms with E-state index in [1.807, 2.05) is 7.05 Å². The highest BCUT2D eigenvalue weighted by Gasteiger charge is 2.67. The van der Waals surface area contributed by atoms with Crippen LogP contribution in [0.5, 0.6) is 0 Å². The van der Waals surface area contributed by atoms with Crippen LogP contribution in [-0.4, -0.2) is 34.2 Å². The predicted molar refractivity (Wildman–Crippen MR) is 104 cm³/mol. The predicted octanol–water partition coefficient (Wildman–Crippen LogP) is 3.20. The molecule has 2 unspecified atom stereocenters. The second-order valence-corrected chi connectivity index (χ2v) is 8.64. The van der Waals surface area contributed by atoms with E-state index in [9.17, 15) is 0 Å². The summed E-state index contributed by atoms with van der Waals surface area (Å²) in [4.78, 5) is 11.4. The monoisotopic (exact) mass is 415 g/mol. The van der Waals surface area contributed by atoms with Crippen LogP contribution in [0, 0.1) is 0 Å². The smallest absolute Gasteiger partial charge is 0.256 e. The topological polar surface area (TPSA) is 60.1 Å². The maximum Gasteiger partial charge on any atom is 0.256 e. The first-order chi connectivity index (χ1) is 12.5. The van der Waals surface area contributed by atoms with Gasteiger partial charge < -0.3 is 10.5 Å². The largest absolute Gasteiger partial charge is 0.482 e. The first kappa shape index (κ1) is 16.4. The van der Waals surface area contributed by atoms with Crippen molar-refractivity contribution in [2.75, 3.05) is 7.05 Å². The third-order valence-corrected chi connectivity index (χ3v) is 6.65. The van der Waals surface area contributed by atoms with E-state index >= 15 is 0 Å². The summed E-state index contributed by atoms with van der Waals surface area (Å²) >= 11 is 3.71. The number of hydrogen-bond donors (Lipinski definition) is 1. The molecule has 5 nitrogen and oxygen atoms in total. The summed E-state index contributed by atoms with van der Waals surface area (Å²) in [6.45, 7) is 0. The third kappa shape index (κ3) is 2.15. The number of allylic oxidation sites excluding steroid dienone is 2. The summed E-state index contributed by atoms with van der Waals surface area (Å²) in [5, 5.41) is 1.57. The molecule has 2 N–H and O–H groups in total. The summed E-state index contributed by atoms with van der Waals surface area (Å²) in [6, 6.07) is 8.65. The van der Waals surface area contributed by atoms with Crippen molar-refractivity contribution in [2.45, 2.75) is 48.3 Å². The summed E-state index contributed by atoms with van der Waals surface area (Å²) in [6.07, 6.45) is 8.80. The quantitative estimate of drug-likeness (QED) is 0.660. The van der Waals surface area contributed by atoms with Crippen molar-refractivity contribution in [1.29, 1.82) is 0 Å². The highest BCUT2D eigenvalue weighted by atomic mass is 79.9. The molecule has 2 aliphatic carbocycles. The van der Waals surface area contributed by atoms with E-state index in [4.69, 9.17) is 20.3 Å². The zero-order chi connectivity index (χ0) is 17.9. The number of nitrogens with two attached hydrogens (primary N) is 1. The lowest BCUT2D eigenvalue weighted by Gasteiger charge is -2.37. The van der Waals surface area contributed by atoms with Gasteiger partial charge in [0.1, 0.15) is 5.76 Å². The van der Waals surface area contributed by atoms with Gasteiger partial charge in [0.2, 0.25) is 5.96 Å². The fourth-order valence-electron chi connectivity index (χ4n) is 4.64. The normalized spacial score (nSPS) is 31.7. The van der Waals surface area contributed by atoms with Gasteiger partial charge in [-0.2, -0.15) is 0 Å². The van der Waals surface area contributed by atoms with Crippen molar-refractivity contribution in [1.82, 2.24) is 5.06 Å². The van der Waals surface area contributed by atoms with Crippen molar-refractivity contribution in [2.24, 2.45) is 10.7 Å². The van der Waals surface area contributed by atoms with Crippen LogP contribution in [0.15, 0.2) is 52.7 Å². The molecule has 136 valence electrons. The zero-order valence-corrected chi connectivity index (χ0v) is 16.3. The van der Waals surface area contributed by atoms with E-state index in [0.29, 0.717) is 5.96 Å². The Balaban J connectivity index is 1.63. The highest BCUT2D eigenvalue weighted by molar-refractivity contribution is 9.09. The number of alkyl halides is 1. The number of nitrogens with zero attached hydrogens (tertiary/aromatic N) is 2. The van der Waals surface area contributed by atoms with Crippen LogP contribution in [0.25, 0.3) is 0 Å². The summed E-state index contributed by atoms with van der Waals surface area (Å²) in [7, 11) is 1.81. The van der Waals surface area contributed by atoms with Gasteiger partial charge >= 0.3 is 0 Å². The maximum absolute atomic E-state index is 6.65. The fraction of sp³-hybridized carbons (Fsp3) is 0.450. The molecule has 26 heavy (non-hydrogen) atoms. The van der Waals surface area contributed by atoms with Crippen molar-refractivity contribution in [3.05, 3.63) is 58.9 Å². The molecule has 1 aromatic carbocycles. The van der Waals surface area contributed by atoms with E-state index < -0.39 is 11.3 Å². The van der Waals surface area contributed by atoms with Crippen molar-refractivity contribution in [3.8, 4) is 0 Å². The first-order valence-electron chi connectivity index (χ1n) is 9.14. The highest BCUT2D eigenvalue weighted by Crippen LogP contribution is 2.57. The lowest BCUT2D eigenvalue weighted by Crippen LogP contribution is -2.52. The number of aliphatic imine (C=N–C) groups is 1. The number of halogens is 1. The van der Waals surface area contributed by atoms with Crippen LogP contribution in [0.3, 0.4) is 0 Å². The molecule has 2 heterocycles. The minimum Gasteiger partial charge on any atom is -0.482 e. The molecule has 1 aromatic rings. The van der Waals surface area contributed by atoms with Crippen molar-refractivity contribution < 1.29 is 9.57 Å². The fourth-order valence-corrected chi connectivity index (χ4v) is 5.09. The molecule has 1 fully saturated rings. The summed E-state index contributed by atoms with van der Waals surface area (Å²) in [5.41, 5.74) is 8.48. The Kier molecular flexibility index (Phi) is 3.53. The molecule has 1 saturated heterocycles. The number of rotatable bonds is 0. The Morgan fingerprint density at radius 3 is 2.54 bits per heavy atom. The molecule has 0 amide bonds. The van der Waals surface area contributed by atoms with Crippen LogP contribution < -0.4 is 5.73 Å². The van der Waals surface area contributed by atoms with Gasteiger partial charge in [0, 0.05) is 11.9 Å². The molecule has 2 spiro atoms. The van der Waals surface area contributed by atoms with Crippen molar-refractivity contribution in [3.63, 3.8) is 0 Å². The standard InChI is InChI=1S/C20H22BrN3O2/c1-24-18(22)23-20(26-24)16-12-15(21)6-7-17(16)25-19(20)10-8-13-4-2-3-5-14(13)9-11-19/h2-5,7,12,15H,6,8-11H2,1H3,(H2,22,23). The molecule has 0 bridgehead atoms. The average molecular weight is 416 g/mol. The summed E-state index contributed by atoms with van der Waals surface area (Å²) in [5.74, 6) is 1.30. The molecule has 6 heteroatoms.